The van der Waals surface area contributed by atoms with E-state index in [4.69, 9.17) is 18.9 Å². The van der Waals surface area contributed by atoms with Crippen LogP contribution in [0.1, 0.15) is 35.6 Å². The summed E-state index contributed by atoms with van der Waals surface area (Å²) in [5.74, 6) is 1.25. The molecule has 7 heteroatoms. The summed E-state index contributed by atoms with van der Waals surface area (Å²) in [5.41, 5.74) is 3.01. The minimum Gasteiger partial charge on any atom is -0.497 e. The molecule has 0 aromatic heterocycles. The first-order valence-corrected chi connectivity index (χ1v) is 12.1. The summed E-state index contributed by atoms with van der Waals surface area (Å²) in [6.45, 7) is 1.63. The van der Waals surface area contributed by atoms with E-state index >= 15 is 0 Å². The van der Waals surface area contributed by atoms with E-state index in [1.54, 1.807) is 21.3 Å². The van der Waals surface area contributed by atoms with Gasteiger partial charge >= 0.3 is 5.97 Å². The van der Waals surface area contributed by atoms with Gasteiger partial charge < -0.3 is 24.1 Å². The molecule has 0 aliphatic carbocycles. The van der Waals surface area contributed by atoms with Gasteiger partial charge in [0.25, 0.3) is 0 Å². The van der Waals surface area contributed by atoms with Crippen molar-refractivity contribution in [2.45, 2.75) is 25.5 Å². The molecule has 3 aromatic rings. The maximum atomic E-state index is 11.8. The van der Waals surface area contributed by atoms with Gasteiger partial charge in [-0.2, -0.15) is 0 Å². The third kappa shape index (κ3) is 5.74. The molecule has 1 heterocycles. The third-order valence-electron chi connectivity index (χ3n) is 6.62. The van der Waals surface area contributed by atoms with Crippen LogP contribution in [-0.2, 0) is 11.4 Å². The number of benzene rings is 3. The molecule has 0 spiro atoms. The maximum absolute atomic E-state index is 11.8. The van der Waals surface area contributed by atoms with Crippen LogP contribution in [0.15, 0.2) is 66.7 Å². The van der Waals surface area contributed by atoms with Crippen molar-refractivity contribution in [2.75, 3.05) is 34.4 Å². The van der Waals surface area contributed by atoms with Crippen molar-refractivity contribution in [3.05, 3.63) is 83.4 Å². The fraction of sp³-hybridized carbons (Fsp3) is 0.345. The minimum atomic E-state index is -0.756. The first kappa shape index (κ1) is 25.4. The van der Waals surface area contributed by atoms with Crippen molar-refractivity contribution in [3.63, 3.8) is 0 Å². The summed E-state index contributed by atoms with van der Waals surface area (Å²) in [6, 6.07) is 21.5. The number of nitrogens with zero attached hydrogens (tertiary/aromatic N) is 1. The van der Waals surface area contributed by atoms with Crippen molar-refractivity contribution in [1.82, 2.24) is 4.90 Å². The van der Waals surface area contributed by atoms with Gasteiger partial charge in [-0.05, 0) is 60.3 Å². The van der Waals surface area contributed by atoms with Gasteiger partial charge in [-0.25, -0.2) is 0 Å². The zero-order valence-electron chi connectivity index (χ0n) is 21.0. The number of methoxy groups -OCH3 is 3. The average molecular weight is 492 g/mol. The van der Waals surface area contributed by atoms with Crippen molar-refractivity contribution >= 4 is 5.97 Å². The van der Waals surface area contributed by atoms with Crippen LogP contribution in [0.2, 0.25) is 0 Å². The lowest BCUT2D eigenvalue weighted by Gasteiger charge is -2.38. The van der Waals surface area contributed by atoms with Crippen LogP contribution in [0.25, 0.3) is 0 Å². The van der Waals surface area contributed by atoms with Crippen LogP contribution in [0, 0.1) is 5.92 Å². The Bertz CT molecular complexity index is 1120. The van der Waals surface area contributed by atoms with Crippen LogP contribution in [0.5, 0.6) is 23.0 Å². The zero-order chi connectivity index (χ0) is 25.5. The molecular weight excluding hydrogens is 458 g/mol. The number of carboxylic acid groups (broad SMARTS) is 1. The maximum Gasteiger partial charge on any atom is 0.307 e. The Morgan fingerprint density at radius 1 is 0.944 bits per heavy atom. The van der Waals surface area contributed by atoms with Gasteiger partial charge in [-0.15, -0.1) is 0 Å². The van der Waals surface area contributed by atoms with E-state index in [2.05, 4.69) is 4.90 Å². The second-order valence-corrected chi connectivity index (χ2v) is 8.88. The summed E-state index contributed by atoms with van der Waals surface area (Å²) >= 11 is 0. The van der Waals surface area contributed by atoms with Gasteiger partial charge in [0.1, 0.15) is 12.4 Å². The van der Waals surface area contributed by atoms with Gasteiger partial charge in [0.2, 0.25) is 5.75 Å². The highest BCUT2D eigenvalue weighted by molar-refractivity contribution is 5.70. The van der Waals surface area contributed by atoms with Crippen LogP contribution in [-0.4, -0.2) is 50.4 Å². The Hall–Kier alpha value is -3.71. The van der Waals surface area contributed by atoms with Gasteiger partial charge in [-0.1, -0.05) is 42.5 Å². The molecule has 0 bridgehead atoms. The Morgan fingerprint density at radius 3 is 2.19 bits per heavy atom. The normalized spacial score (nSPS) is 16.7. The number of hydrogen-bond donors (Lipinski definition) is 1. The molecule has 1 saturated heterocycles. The molecule has 0 radical (unpaired) electrons. The number of likely N-dealkylation sites (tertiary alicyclic amines) is 1. The summed E-state index contributed by atoms with van der Waals surface area (Å²) < 4.78 is 23.0. The van der Waals surface area contributed by atoms with Gasteiger partial charge in [0.15, 0.2) is 11.5 Å². The Kier molecular flexibility index (Phi) is 8.33. The molecule has 0 amide bonds. The van der Waals surface area contributed by atoms with E-state index in [0.717, 1.165) is 35.4 Å². The van der Waals surface area contributed by atoms with E-state index < -0.39 is 11.9 Å². The minimum absolute atomic E-state index is 0.191. The van der Waals surface area contributed by atoms with E-state index in [9.17, 15) is 9.90 Å². The Morgan fingerprint density at radius 2 is 1.61 bits per heavy atom. The number of ether oxygens (including phenoxy) is 4. The van der Waals surface area contributed by atoms with Crippen LogP contribution in [0.3, 0.4) is 0 Å². The summed E-state index contributed by atoms with van der Waals surface area (Å²) in [5, 5.41) is 9.70. The summed E-state index contributed by atoms with van der Waals surface area (Å²) in [7, 11) is 4.85. The van der Waals surface area contributed by atoms with E-state index in [-0.39, 0.29) is 6.04 Å². The number of hydrogen-bond acceptors (Lipinski definition) is 6. The lowest BCUT2D eigenvalue weighted by Crippen LogP contribution is -2.41. The smallest absolute Gasteiger partial charge is 0.307 e. The molecule has 4 rings (SSSR count). The van der Waals surface area contributed by atoms with Crippen LogP contribution < -0.4 is 18.9 Å². The van der Waals surface area contributed by atoms with Crippen molar-refractivity contribution in [1.29, 1.82) is 0 Å². The number of piperidine rings is 1. The fourth-order valence-electron chi connectivity index (χ4n) is 4.77. The SMILES string of the molecule is COc1ccc(C(c2cc(OC)c(OCc3ccccc3)c(OC)c2)N2CCCC(C(=O)O)C2)cc1. The number of rotatable bonds is 10. The predicted octanol–water partition coefficient (Wildman–Crippen LogP) is 5.18. The first-order valence-electron chi connectivity index (χ1n) is 12.1. The van der Waals surface area contributed by atoms with Crippen LogP contribution in [0.4, 0.5) is 0 Å². The number of carboxylic acids is 1. The Labute approximate surface area is 212 Å². The summed E-state index contributed by atoms with van der Waals surface area (Å²) in [6.07, 6.45) is 1.50. The molecule has 1 aliphatic rings. The topological polar surface area (TPSA) is 77.5 Å². The van der Waals surface area contributed by atoms with Gasteiger partial charge in [0.05, 0.1) is 33.3 Å². The van der Waals surface area contributed by atoms with E-state index in [1.165, 1.54) is 0 Å². The predicted molar refractivity (Wildman–Crippen MR) is 137 cm³/mol. The molecular formula is C29H33NO6. The van der Waals surface area contributed by atoms with Crippen molar-refractivity contribution in [3.8, 4) is 23.0 Å². The van der Waals surface area contributed by atoms with E-state index in [0.29, 0.717) is 36.8 Å². The van der Waals surface area contributed by atoms with Gasteiger partial charge in [0, 0.05) is 6.54 Å². The Balaban J connectivity index is 1.73. The second kappa shape index (κ2) is 11.8. The third-order valence-corrected chi connectivity index (χ3v) is 6.62. The summed E-state index contributed by atoms with van der Waals surface area (Å²) in [4.78, 5) is 14.0. The van der Waals surface area contributed by atoms with E-state index in [1.807, 2.05) is 66.7 Å². The quantitative estimate of drug-likeness (QED) is 0.419. The lowest BCUT2D eigenvalue weighted by molar-refractivity contribution is -0.143. The molecule has 3 aromatic carbocycles. The zero-order valence-corrected chi connectivity index (χ0v) is 21.0. The van der Waals surface area contributed by atoms with Crippen molar-refractivity contribution in [2.24, 2.45) is 5.92 Å². The molecule has 1 N–H and O–H groups in total. The van der Waals surface area contributed by atoms with Gasteiger partial charge in [-0.3, -0.25) is 9.69 Å². The molecule has 1 fully saturated rings. The van der Waals surface area contributed by atoms with Crippen molar-refractivity contribution < 1.29 is 28.8 Å². The lowest BCUT2D eigenvalue weighted by atomic mass is 9.91. The fourth-order valence-corrected chi connectivity index (χ4v) is 4.77. The average Bonchev–Trinajstić information content (AvgIpc) is 2.93. The monoisotopic (exact) mass is 491 g/mol. The highest BCUT2D eigenvalue weighted by Crippen LogP contribution is 2.43. The highest BCUT2D eigenvalue weighted by Gasteiger charge is 2.32. The molecule has 36 heavy (non-hydrogen) atoms. The number of carbonyl (C=O) groups is 1. The molecule has 7 nitrogen and oxygen atoms in total. The largest absolute Gasteiger partial charge is 0.497 e. The first-order chi connectivity index (χ1) is 17.5. The van der Waals surface area contributed by atoms with Crippen LogP contribution >= 0.6 is 0 Å². The molecule has 0 saturated carbocycles. The highest BCUT2D eigenvalue weighted by atomic mass is 16.5. The molecule has 190 valence electrons. The molecule has 1 aliphatic heterocycles. The second-order valence-electron chi connectivity index (χ2n) is 8.88. The molecule has 2 unspecified atom stereocenters. The molecule has 2 atom stereocenters. The number of aliphatic carboxylic acids is 1. The standard InChI is InChI=1S/C29H33NO6/c1-33-24-13-11-21(12-14-24)27(30-15-7-10-22(18-30)29(31)32)23-16-25(34-2)28(26(17-23)35-3)36-19-20-8-5-4-6-9-20/h4-6,8-9,11-14,16-17,22,27H,7,10,15,18-19H2,1-3H3,(H,31,32).